The fraction of sp³-hybridized carbons (Fsp3) is 0.444. The predicted octanol–water partition coefficient (Wildman–Crippen LogP) is 2.71. The molecule has 0 amide bonds. The van der Waals surface area contributed by atoms with Crippen molar-refractivity contribution in [1.82, 2.24) is 9.97 Å². The molecule has 1 fully saturated rings. The van der Waals surface area contributed by atoms with E-state index in [9.17, 15) is 0 Å². The van der Waals surface area contributed by atoms with Crippen molar-refractivity contribution in [2.24, 2.45) is 0 Å². The van der Waals surface area contributed by atoms with Gasteiger partial charge in [-0.2, -0.15) is 0 Å². The molecule has 0 atom stereocenters. The van der Waals surface area contributed by atoms with Crippen LogP contribution in [-0.4, -0.2) is 42.9 Å². The zero-order valence-electron chi connectivity index (χ0n) is 13.5. The number of hydrogen-bond acceptors (Lipinski definition) is 5. The van der Waals surface area contributed by atoms with Crippen LogP contribution in [0.4, 0.5) is 5.82 Å². The standard InChI is InChI=1S/C18H23N3O2/c1-22-18-17(19-10-11-20-18)21-12-7-16(8-13-21)23-14-9-15-5-3-2-4-6-15/h2-6,10-11,16H,7-9,12-14H2,1H3. The summed E-state index contributed by atoms with van der Waals surface area (Å²) in [5.74, 6) is 1.42. The molecule has 0 radical (unpaired) electrons. The smallest absolute Gasteiger partial charge is 0.257 e. The van der Waals surface area contributed by atoms with Gasteiger partial charge in [0.05, 0.1) is 19.8 Å². The molecule has 122 valence electrons. The van der Waals surface area contributed by atoms with E-state index in [1.54, 1.807) is 19.5 Å². The monoisotopic (exact) mass is 313 g/mol. The lowest BCUT2D eigenvalue weighted by Gasteiger charge is -2.32. The summed E-state index contributed by atoms with van der Waals surface area (Å²) in [7, 11) is 1.63. The molecule has 0 spiro atoms. The summed E-state index contributed by atoms with van der Waals surface area (Å²) in [5.41, 5.74) is 1.33. The molecule has 5 nitrogen and oxygen atoms in total. The first-order valence-corrected chi connectivity index (χ1v) is 8.12. The Balaban J connectivity index is 1.45. The minimum absolute atomic E-state index is 0.331. The second-order valence-electron chi connectivity index (χ2n) is 5.68. The van der Waals surface area contributed by atoms with Gasteiger partial charge in [0.1, 0.15) is 0 Å². The molecule has 1 aromatic heterocycles. The second-order valence-corrected chi connectivity index (χ2v) is 5.68. The number of hydrogen-bond donors (Lipinski definition) is 0. The van der Waals surface area contributed by atoms with Gasteiger partial charge in [-0.25, -0.2) is 9.97 Å². The molecular weight excluding hydrogens is 290 g/mol. The highest BCUT2D eigenvalue weighted by molar-refractivity contribution is 5.48. The van der Waals surface area contributed by atoms with Crippen LogP contribution in [0.2, 0.25) is 0 Å². The predicted molar refractivity (Wildman–Crippen MR) is 89.9 cm³/mol. The van der Waals surface area contributed by atoms with Crippen molar-refractivity contribution in [3.05, 3.63) is 48.3 Å². The maximum atomic E-state index is 6.03. The fourth-order valence-corrected chi connectivity index (χ4v) is 2.90. The van der Waals surface area contributed by atoms with Gasteiger partial charge >= 0.3 is 0 Å². The van der Waals surface area contributed by atoms with Gasteiger partial charge in [0.15, 0.2) is 5.82 Å². The van der Waals surface area contributed by atoms with Crippen molar-refractivity contribution < 1.29 is 9.47 Å². The minimum Gasteiger partial charge on any atom is -0.478 e. The Morgan fingerprint density at radius 3 is 2.57 bits per heavy atom. The summed E-state index contributed by atoms with van der Waals surface area (Å²) in [5, 5.41) is 0. The first kappa shape index (κ1) is 15.7. The van der Waals surface area contributed by atoms with E-state index < -0.39 is 0 Å². The third-order valence-corrected chi connectivity index (χ3v) is 4.17. The molecule has 0 aliphatic carbocycles. The highest BCUT2D eigenvalue weighted by Crippen LogP contribution is 2.26. The minimum atomic E-state index is 0.331. The van der Waals surface area contributed by atoms with Crippen LogP contribution < -0.4 is 9.64 Å². The van der Waals surface area contributed by atoms with Crippen LogP contribution in [0.1, 0.15) is 18.4 Å². The van der Waals surface area contributed by atoms with Gasteiger partial charge in [-0.05, 0) is 24.8 Å². The molecule has 1 aromatic carbocycles. The topological polar surface area (TPSA) is 47.5 Å². The number of ether oxygens (including phenoxy) is 2. The number of rotatable bonds is 6. The van der Waals surface area contributed by atoms with Crippen molar-refractivity contribution in [3.8, 4) is 5.88 Å². The summed E-state index contributed by atoms with van der Waals surface area (Å²) in [6.45, 7) is 2.62. The lowest BCUT2D eigenvalue weighted by Crippen LogP contribution is -2.38. The Hall–Kier alpha value is -2.14. The molecule has 1 aliphatic heterocycles. The van der Waals surface area contributed by atoms with Crippen molar-refractivity contribution in [1.29, 1.82) is 0 Å². The Morgan fingerprint density at radius 1 is 1.09 bits per heavy atom. The largest absolute Gasteiger partial charge is 0.478 e. The molecular formula is C18H23N3O2. The van der Waals surface area contributed by atoms with Crippen molar-refractivity contribution in [3.63, 3.8) is 0 Å². The average Bonchev–Trinajstić information content (AvgIpc) is 2.63. The summed E-state index contributed by atoms with van der Waals surface area (Å²) in [6.07, 6.45) is 6.68. The number of methoxy groups -OCH3 is 1. The van der Waals surface area contributed by atoms with Crippen LogP contribution >= 0.6 is 0 Å². The van der Waals surface area contributed by atoms with Gasteiger partial charge in [0.2, 0.25) is 0 Å². The van der Waals surface area contributed by atoms with Gasteiger partial charge in [-0.3, -0.25) is 0 Å². The number of piperidine rings is 1. The van der Waals surface area contributed by atoms with Gasteiger partial charge < -0.3 is 14.4 Å². The van der Waals surface area contributed by atoms with Crippen LogP contribution in [0.5, 0.6) is 5.88 Å². The first-order valence-electron chi connectivity index (χ1n) is 8.12. The Morgan fingerprint density at radius 2 is 1.83 bits per heavy atom. The second kappa shape index (κ2) is 7.92. The molecule has 1 aliphatic rings. The van der Waals surface area contributed by atoms with E-state index in [0.29, 0.717) is 12.0 Å². The van der Waals surface area contributed by atoms with E-state index in [4.69, 9.17) is 9.47 Å². The van der Waals surface area contributed by atoms with E-state index in [0.717, 1.165) is 44.8 Å². The van der Waals surface area contributed by atoms with Crippen molar-refractivity contribution in [2.45, 2.75) is 25.4 Å². The third kappa shape index (κ3) is 4.20. The van der Waals surface area contributed by atoms with E-state index >= 15 is 0 Å². The summed E-state index contributed by atoms with van der Waals surface area (Å²) in [4.78, 5) is 10.8. The Bertz CT molecular complexity index is 598. The van der Waals surface area contributed by atoms with E-state index in [-0.39, 0.29) is 0 Å². The van der Waals surface area contributed by atoms with Crippen molar-refractivity contribution >= 4 is 5.82 Å². The molecule has 1 saturated heterocycles. The summed E-state index contributed by atoms with van der Waals surface area (Å²) < 4.78 is 11.3. The molecule has 0 saturated carbocycles. The lowest BCUT2D eigenvalue weighted by molar-refractivity contribution is 0.0389. The molecule has 0 bridgehead atoms. The van der Waals surface area contributed by atoms with Crippen LogP contribution in [0, 0.1) is 0 Å². The maximum absolute atomic E-state index is 6.03. The number of benzene rings is 1. The zero-order valence-corrected chi connectivity index (χ0v) is 13.5. The Kier molecular flexibility index (Phi) is 5.42. The summed E-state index contributed by atoms with van der Waals surface area (Å²) >= 11 is 0. The van der Waals surface area contributed by atoms with Crippen LogP contribution in [0.3, 0.4) is 0 Å². The van der Waals surface area contributed by atoms with Gasteiger partial charge in [0, 0.05) is 25.5 Å². The number of anilines is 1. The zero-order chi connectivity index (χ0) is 15.9. The van der Waals surface area contributed by atoms with E-state index in [1.165, 1.54) is 5.56 Å². The highest BCUT2D eigenvalue weighted by atomic mass is 16.5. The van der Waals surface area contributed by atoms with E-state index in [1.807, 2.05) is 6.07 Å². The molecule has 0 N–H and O–H groups in total. The molecule has 2 heterocycles. The molecule has 0 unspecified atom stereocenters. The van der Waals surface area contributed by atoms with Crippen LogP contribution in [0.15, 0.2) is 42.7 Å². The third-order valence-electron chi connectivity index (χ3n) is 4.17. The molecule has 2 aromatic rings. The fourth-order valence-electron chi connectivity index (χ4n) is 2.90. The van der Waals surface area contributed by atoms with Gasteiger partial charge in [-0.1, -0.05) is 30.3 Å². The number of aromatic nitrogens is 2. The lowest BCUT2D eigenvalue weighted by atomic mass is 10.1. The van der Waals surface area contributed by atoms with Gasteiger partial charge in [0.25, 0.3) is 5.88 Å². The van der Waals surface area contributed by atoms with Crippen LogP contribution in [0.25, 0.3) is 0 Å². The summed E-state index contributed by atoms with van der Waals surface area (Å²) in [6, 6.07) is 10.5. The highest BCUT2D eigenvalue weighted by Gasteiger charge is 2.23. The number of nitrogens with zero attached hydrogens (tertiary/aromatic N) is 3. The molecule has 5 heteroatoms. The van der Waals surface area contributed by atoms with Gasteiger partial charge in [-0.15, -0.1) is 0 Å². The SMILES string of the molecule is COc1nccnc1N1CCC(OCCc2ccccc2)CC1. The Labute approximate surface area is 137 Å². The first-order chi connectivity index (χ1) is 11.4. The van der Waals surface area contributed by atoms with Crippen molar-refractivity contribution in [2.75, 3.05) is 31.7 Å². The normalized spacial score (nSPS) is 15.6. The van der Waals surface area contributed by atoms with E-state index in [2.05, 4.69) is 39.1 Å². The molecule has 23 heavy (non-hydrogen) atoms. The maximum Gasteiger partial charge on any atom is 0.257 e. The molecule has 3 rings (SSSR count). The quantitative estimate of drug-likeness (QED) is 0.820. The average molecular weight is 313 g/mol. The van der Waals surface area contributed by atoms with Crippen LogP contribution in [-0.2, 0) is 11.2 Å².